The van der Waals surface area contributed by atoms with Crippen LogP contribution < -0.4 is 11.1 Å². The maximum absolute atomic E-state index is 11.9. The molecule has 118 valence electrons. The first-order chi connectivity index (χ1) is 10.3. The summed E-state index contributed by atoms with van der Waals surface area (Å²) in [5, 5.41) is 16.3. The molecule has 1 heterocycles. The Bertz CT molecular complexity index is 676. The SMILES string of the molecule is CC(C)(C)OC(=O)Nc1c(O)cccc1-c1noc(CN)n1. The van der Waals surface area contributed by atoms with Crippen molar-refractivity contribution in [2.75, 3.05) is 5.32 Å². The number of hydrogen-bond donors (Lipinski definition) is 3. The van der Waals surface area contributed by atoms with Crippen LogP contribution in [0.4, 0.5) is 10.5 Å². The summed E-state index contributed by atoms with van der Waals surface area (Å²) in [4.78, 5) is 16.0. The number of phenolic OH excluding ortho intramolecular Hbond substituents is 1. The summed E-state index contributed by atoms with van der Waals surface area (Å²) in [6.07, 6.45) is -0.696. The van der Waals surface area contributed by atoms with Crippen molar-refractivity contribution in [2.24, 2.45) is 5.73 Å². The lowest BCUT2D eigenvalue weighted by atomic mass is 10.1. The molecular weight excluding hydrogens is 288 g/mol. The van der Waals surface area contributed by atoms with Crippen LogP contribution in [0.5, 0.6) is 5.75 Å². The average molecular weight is 306 g/mol. The highest BCUT2D eigenvalue weighted by Gasteiger charge is 2.21. The van der Waals surface area contributed by atoms with Gasteiger partial charge in [-0.1, -0.05) is 11.2 Å². The molecule has 2 rings (SSSR count). The van der Waals surface area contributed by atoms with Gasteiger partial charge in [0.05, 0.1) is 17.8 Å². The van der Waals surface area contributed by atoms with Crippen LogP contribution in [0.1, 0.15) is 26.7 Å². The van der Waals surface area contributed by atoms with E-state index in [9.17, 15) is 9.90 Å². The molecule has 22 heavy (non-hydrogen) atoms. The van der Waals surface area contributed by atoms with Crippen LogP contribution in [0, 0.1) is 0 Å². The van der Waals surface area contributed by atoms with Crippen LogP contribution in [0.25, 0.3) is 11.4 Å². The van der Waals surface area contributed by atoms with Crippen molar-refractivity contribution in [2.45, 2.75) is 32.9 Å². The van der Waals surface area contributed by atoms with Crippen LogP contribution in [-0.2, 0) is 11.3 Å². The summed E-state index contributed by atoms with van der Waals surface area (Å²) in [7, 11) is 0. The van der Waals surface area contributed by atoms with Gasteiger partial charge in [0.2, 0.25) is 11.7 Å². The number of nitrogens with two attached hydrogens (primary N) is 1. The van der Waals surface area contributed by atoms with Crippen LogP contribution in [-0.4, -0.2) is 26.9 Å². The van der Waals surface area contributed by atoms with E-state index in [1.54, 1.807) is 32.9 Å². The van der Waals surface area contributed by atoms with Crippen LogP contribution in [0.15, 0.2) is 22.7 Å². The zero-order chi connectivity index (χ0) is 16.3. The predicted molar refractivity (Wildman–Crippen MR) is 79.1 cm³/mol. The Morgan fingerprint density at radius 3 is 2.77 bits per heavy atom. The van der Waals surface area contributed by atoms with Crippen molar-refractivity contribution in [3.8, 4) is 17.1 Å². The molecule has 0 saturated carbocycles. The monoisotopic (exact) mass is 306 g/mol. The molecule has 0 spiro atoms. The van der Waals surface area contributed by atoms with Gasteiger partial charge in [-0.25, -0.2) is 4.79 Å². The third kappa shape index (κ3) is 3.73. The second-order valence-electron chi connectivity index (χ2n) is 5.54. The highest BCUT2D eigenvalue weighted by Crippen LogP contribution is 2.34. The van der Waals surface area contributed by atoms with Gasteiger partial charge in [0.1, 0.15) is 11.4 Å². The molecule has 0 saturated heterocycles. The van der Waals surface area contributed by atoms with Crippen LogP contribution >= 0.6 is 0 Å². The number of rotatable bonds is 3. The molecule has 0 fully saturated rings. The Balaban J connectivity index is 2.33. The zero-order valence-electron chi connectivity index (χ0n) is 12.6. The number of nitrogens with zero attached hydrogens (tertiary/aromatic N) is 2. The Hall–Kier alpha value is -2.61. The number of carbonyl (C=O) groups excluding carboxylic acids is 1. The van der Waals surface area contributed by atoms with Crippen molar-refractivity contribution in [1.82, 2.24) is 10.1 Å². The van der Waals surface area contributed by atoms with Gasteiger partial charge < -0.3 is 20.1 Å². The molecule has 0 unspecified atom stereocenters. The molecule has 1 aromatic heterocycles. The van der Waals surface area contributed by atoms with Gasteiger partial charge >= 0.3 is 6.09 Å². The lowest BCUT2D eigenvalue weighted by molar-refractivity contribution is 0.0635. The average Bonchev–Trinajstić information content (AvgIpc) is 2.87. The molecule has 0 bridgehead atoms. The number of aromatic nitrogens is 2. The molecular formula is C14H18N4O4. The number of ether oxygens (including phenoxy) is 1. The van der Waals surface area contributed by atoms with Gasteiger partial charge in [-0.05, 0) is 32.9 Å². The number of carbonyl (C=O) groups is 1. The van der Waals surface area contributed by atoms with Gasteiger partial charge in [0, 0.05) is 0 Å². The lowest BCUT2D eigenvalue weighted by Gasteiger charge is -2.20. The Kier molecular flexibility index (Phi) is 4.32. The smallest absolute Gasteiger partial charge is 0.412 e. The van der Waals surface area contributed by atoms with Gasteiger partial charge in [-0.15, -0.1) is 0 Å². The van der Waals surface area contributed by atoms with E-state index in [1.807, 2.05) is 0 Å². The van der Waals surface area contributed by atoms with E-state index in [0.717, 1.165) is 0 Å². The number of phenols is 1. The molecule has 1 amide bonds. The Labute approximate surface area is 127 Å². The minimum Gasteiger partial charge on any atom is -0.506 e. The van der Waals surface area contributed by atoms with Crippen molar-refractivity contribution >= 4 is 11.8 Å². The lowest BCUT2D eigenvalue weighted by Crippen LogP contribution is -2.27. The van der Waals surface area contributed by atoms with Gasteiger partial charge in [0.15, 0.2) is 0 Å². The molecule has 1 aromatic carbocycles. The van der Waals surface area contributed by atoms with Gasteiger partial charge in [0.25, 0.3) is 0 Å². The molecule has 0 radical (unpaired) electrons. The fourth-order valence-electron chi connectivity index (χ4n) is 1.71. The fraction of sp³-hybridized carbons (Fsp3) is 0.357. The summed E-state index contributed by atoms with van der Waals surface area (Å²) >= 11 is 0. The minimum atomic E-state index is -0.696. The van der Waals surface area contributed by atoms with Gasteiger partial charge in [-0.2, -0.15) is 4.98 Å². The van der Waals surface area contributed by atoms with Crippen LogP contribution in [0.2, 0.25) is 0 Å². The normalized spacial score (nSPS) is 11.3. The van der Waals surface area contributed by atoms with Crippen LogP contribution in [0.3, 0.4) is 0 Å². The number of nitrogens with one attached hydrogen (secondary N) is 1. The topological polar surface area (TPSA) is 124 Å². The first kappa shape index (κ1) is 15.8. The first-order valence-electron chi connectivity index (χ1n) is 6.65. The Morgan fingerprint density at radius 1 is 1.45 bits per heavy atom. The van der Waals surface area contributed by atoms with Crippen molar-refractivity contribution < 1.29 is 19.2 Å². The third-order valence-corrected chi connectivity index (χ3v) is 2.55. The molecule has 0 aliphatic carbocycles. The van der Waals surface area contributed by atoms with E-state index >= 15 is 0 Å². The van der Waals surface area contributed by atoms with E-state index in [2.05, 4.69) is 15.5 Å². The number of hydrogen-bond acceptors (Lipinski definition) is 7. The molecule has 8 nitrogen and oxygen atoms in total. The number of anilines is 1. The minimum absolute atomic E-state index is 0.0979. The highest BCUT2D eigenvalue weighted by atomic mass is 16.6. The summed E-state index contributed by atoms with van der Waals surface area (Å²) in [6.45, 7) is 5.32. The van der Waals surface area contributed by atoms with E-state index in [1.165, 1.54) is 6.07 Å². The summed E-state index contributed by atoms with van der Waals surface area (Å²) in [5.74, 6) is 0.325. The highest BCUT2D eigenvalue weighted by molar-refractivity contribution is 5.93. The number of benzene rings is 1. The molecule has 4 N–H and O–H groups in total. The standard InChI is InChI=1S/C14H18N4O4/c1-14(2,3)21-13(20)17-11-8(5-4-6-9(11)19)12-16-10(7-15)22-18-12/h4-6,19H,7,15H2,1-3H3,(H,17,20). The zero-order valence-corrected chi connectivity index (χ0v) is 12.6. The van der Waals surface area contributed by atoms with E-state index in [-0.39, 0.29) is 29.7 Å². The third-order valence-electron chi connectivity index (χ3n) is 2.55. The van der Waals surface area contributed by atoms with E-state index < -0.39 is 11.7 Å². The van der Waals surface area contributed by atoms with E-state index in [0.29, 0.717) is 5.56 Å². The summed E-state index contributed by atoms with van der Waals surface area (Å²) in [6, 6.07) is 4.67. The largest absolute Gasteiger partial charge is 0.506 e. The fourth-order valence-corrected chi connectivity index (χ4v) is 1.71. The molecule has 0 atom stereocenters. The predicted octanol–water partition coefficient (Wildman–Crippen LogP) is 2.25. The van der Waals surface area contributed by atoms with Crippen molar-refractivity contribution in [3.05, 3.63) is 24.1 Å². The maximum Gasteiger partial charge on any atom is 0.412 e. The summed E-state index contributed by atoms with van der Waals surface area (Å²) < 4.78 is 10.1. The summed E-state index contributed by atoms with van der Waals surface area (Å²) in [5.41, 5.74) is 5.30. The second-order valence-corrected chi connectivity index (χ2v) is 5.54. The number of aromatic hydroxyl groups is 1. The van der Waals surface area contributed by atoms with E-state index in [4.69, 9.17) is 15.0 Å². The molecule has 2 aromatic rings. The molecule has 8 heteroatoms. The quantitative estimate of drug-likeness (QED) is 0.743. The molecule has 0 aliphatic heterocycles. The number of para-hydroxylation sites is 1. The Morgan fingerprint density at radius 2 is 2.18 bits per heavy atom. The number of amides is 1. The first-order valence-corrected chi connectivity index (χ1v) is 6.65. The van der Waals surface area contributed by atoms with Crippen molar-refractivity contribution in [3.63, 3.8) is 0 Å². The molecule has 0 aliphatic rings. The van der Waals surface area contributed by atoms with Crippen molar-refractivity contribution in [1.29, 1.82) is 0 Å². The maximum atomic E-state index is 11.9. The van der Waals surface area contributed by atoms with Gasteiger partial charge in [-0.3, -0.25) is 5.32 Å². The second kappa shape index (κ2) is 6.02.